The van der Waals surface area contributed by atoms with E-state index in [-0.39, 0.29) is 0 Å². The molecule has 1 heterocycles. The molecule has 5 heteroatoms. The zero-order valence-electron chi connectivity index (χ0n) is 10.8. The Morgan fingerprint density at radius 2 is 2.28 bits per heavy atom. The minimum Gasteiger partial charge on any atom is -0.383 e. The first-order chi connectivity index (χ1) is 8.72. The lowest BCUT2D eigenvalue weighted by Gasteiger charge is -2.24. The molecule has 18 heavy (non-hydrogen) atoms. The minimum atomic E-state index is 0.491. The van der Waals surface area contributed by atoms with Crippen molar-refractivity contribution in [3.63, 3.8) is 0 Å². The SMILES string of the molecule is COCCN(CCC#N)c1ncc(CBr)cc1C. The Morgan fingerprint density at radius 1 is 1.50 bits per heavy atom. The molecule has 1 rings (SSSR count). The van der Waals surface area contributed by atoms with Crippen LogP contribution in [0.4, 0.5) is 5.82 Å². The van der Waals surface area contributed by atoms with Crippen molar-refractivity contribution in [1.29, 1.82) is 5.26 Å². The van der Waals surface area contributed by atoms with Gasteiger partial charge in [0.1, 0.15) is 5.82 Å². The van der Waals surface area contributed by atoms with Crippen LogP contribution in [-0.4, -0.2) is 31.8 Å². The Morgan fingerprint density at radius 3 is 2.83 bits per heavy atom. The molecule has 0 saturated heterocycles. The van der Waals surface area contributed by atoms with Crippen LogP contribution in [0.5, 0.6) is 0 Å². The number of aromatic nitrogens is 1. The van der Waals surface area contributed by atoms with Crippen molar-refractivity contribution in [2.24, 2.45) is 0 Å². The number of methoxy groups -OCH3 is 1. The molecule has 1 aromatic rings. The van der Waals surface area contributed by atoms with Gasteiger partial charge >= 0.3 is 0 Å². The third-order valence-electron chi connectivity index (χ3n) is 2.62. The molecule has 98 valence electrons. The number of nitriles is 1. The number of aryl methyl sites for hydroxylation is 1. The zero-order chi connectivity index (χ0) is 13.4. The van der Waals surface area contributed by atoms with Crippen LogP contribution in [0, 0.1) is 18.3 Å². The lowest BCUT2D eigenvalue weighted by molar-refractivity contribution is 0.205. The van der Waals surface area contributed by atoms with E-state index < -0.39 is 0 Å². The first kappa shape index (κ1) is 14.9. The maximum atomic E-state index is 8.70. The smallest absolute Gasteiger partial charge is 0.131 e. The van der Waals surface area contributed by atoms with Crippen LogP contribution in [0.15, 0.2) is 12.3 Å². The second-order valence-electron chi connectivity index (χ2n) is 4.01. The number of anilines is 1. The van der Waals surface area contributed by atoms with Gasteiger partial charge in [0.25, 0.3) is 0 Å². The molecule has 0 amide bonds. The quantitative estimate of drug-likeness (QED) is 0.726. The molecule has 0 spiro atoms. The Hall–Kier alpha value is -1.12. The predicted octanol–water partition coefficient (Wildman–Crippen LogP) is 2.65. The second kappa shape index (κ2) is 8.06. The number of hydrogen-bond donors (Lipinski definition) is 0. The molecule has 0 unspecified atom stereocenters. The highest BCUT2D eigenvalue weighted by molar-refractivity contribution is 9.08. The summed E-state index contributed by atoms with van der Waals surface area (Å²) >= 11 is 3.42. The lowest BCUT2D eigenvalue weighted by atomic mass is 10.2. The number of halogens is 1. The number of hydrogen-bond acceptors (Lipinski definition) is 4. The van der Waals surface area contributed by atoms with Crippen molar-refractivity contribution in [3.8, 4) is 6.07 Å². The first-order valence-electron chi connectivity index (χ1n) is 5.85. The summed E-state index contributed by atoms with van der Waals surface area (Å²) in [6.45, 7) is 4.11. The maximum Gasteiger partial charge on any atom is 0.131 e. The normalized spacial score (nSPS) is 10.1. The number of ether oxygens (including phenoxy) is 1. The average Bonchev–Trinajstić information content (AvgIpc) is 2.39. The van der Waals surface area contributed by atoms with E-state index in [1.165, 1.54) is 0 Å². The maximum absolute atomic E-state index is 8.70. The van der Waals surface area contributed by atoms with Gasteiger partial charge in [-0.1, -0.05) is 22.0 Å². The molecular formula is C13H18BrN3O. The summed E-state index contributed by atoms with van der Waals surface area (Å²) in [6, 6.07) is 4.28. The highest BCUT2D eigenvalue weighted by atomic mass is 79.9. The predicted molar refractivity (Wildman–Crippen MR) is 75.9 cm³/mol. The van der Waals surface area contributed by atoms with Crippen molar-refractivity contribution in [2.75, 3.05) is 31.7 Å². The van der Waals surface area contributed by atoms with Crippen LogP contribution >= 0.6 is 15.9 Å². The molecule has 0 aliphatic heterocycles. The van der Waals surface area contributed by atoms with Crippen molar-refractivity contribution in [2.45, 2.75) is 18.7 Å². The van der Waals surface area contributed by atoms with Crippen LogP contribution in [-0.2, 0) is 10.1 Å². The summed E-state index contributed by atoms with van der Waals surface area (Å²) in [5.41, 5.74) is 2.28. The summed E-state index contributed by atoms with van der Waals surface area (Å²) < 4.78 is 5.10. The number of pyridine rings is 1. The molecular weight excluding hydrogens is 294 g/mol. The van der Waals surface area contributed by atoms with E-state index in [2.05, 4.69) is 37.9 Å². The molecule has 0 aromatic carbocycles. The number of alkyl halides is 1. The number of nitrogens with zero attached hydrogens (tertiary/aromatic N) is 3. The van der Waals surface area contributed by atoms with Gasteiger partial charge in [0.15, 0.2) is 0 Å². The van der Waals surface area contributed by atoms with Crippen LogP contribution < -0.4 is 4.90 Å². The molecule has 1 aromatic heterocycles. The van der Waals surface area contributed by atoms with E-state index >= 15 is 0 Å². The molecule has 0 radical (unpaired) electrons. The standard InChI is InChI=1S/C13H18BrN3O/c1-11-8-12(9-14)10-16-13(11)17(5-3-4-15)6-7-18-2/h8,10H,3,5-7,9H2,1-2H3. The van der Waals surface area contributed by atoms with Crippen LogP contribution in [0.3, 0.4) is 0 Å². The molecule has 0 bridgehead atoms. The van der Waals surface area contributed by atoms with Gasteiger partial charge in [-0.25, -0.2) is 4.98 Å². The van der Waals surface area contributed by atoms with Crippen LogP contribution in [0.2, 0.25) is 0 Å². The van der Waals surface area contributed by atoms with Gasteiger partial charge in [0.2, 0.25) is 0 Å². The average molecular weight is 312 g/mol. The highest BCUT2D eigenvalue weighted by Crippen LogP contribution is 2.19. The molecule has 0 fully saturated rings. The Labute approximate surface area is 117 Å². The van der Waals surface area contributed by atoms with E-state index in [0.717, 1.165) is 28.8 Å². The van der Waals surface area contributed by atoms with E-state index in [9.17, 15) is 0 Å². The summed E-state index contributed by atoms with van der Waals surface area (Å²) in [4.78, 5) is 6.58. The highest BCUT2D eigenvalue weighted by Gasteiger charge is 2.10. The lowest BCUT2D eigenvalue weighted by Crippen LogP contribution is -2.29. The Bertz CT molecular complexity index is 417. The summed E-state index contributed by atoms with van der Waals surface area (Å²) in [6.07, 6.45) is 2.36. The minimum absolute atomic E-state index is 0.491. The third-order valence-corrected chi connectivity index (χ3v) is 3.27. The van der Waals surface area contributed by atoms with Gasteiger partial charge < -0.3 is 9.64 Å². The monoisotopic (exact) mass is 311 g/mol. The number of rotatable bonds is 7. The summed E-state index contributed by atoms with van der Waals surface area (Å²) in [5.74, 6) is 0.937. The summed E-state index contributed by atoms with van der Waals surface area (Å²) in [7, 11) is 1.68. The molecule has 0 atom stereocenters. The zero-order valence-corrected chi connectivity index (χ0v) is 12.4. The first-order valence-corrected chi connectivity index (χ1v) is 6.97. The van der Waals surface area contributed by atoms with Crippen molar-refractivity contribution in [3.05, 3.63) is 23.4 Å². The Balaban J connectivity index is 2.86. The van der Waals surface area contributed by atoms with Crippen LogP contribution in [0.1, 0.15) is 17.5 Å². The van der Waals surface area contributed by atoms with Gasteiger partial charge in [0.05, 0.1) is 19.1 Å². The van der Waals surface area contributed by atoms with Crippen molar-refractivity contribution >= 4 is 21.7 Å². The fourth-order valence-corrected chi connectivity index (χ4v) is 2.05. The van der Waals surface area contributed by atoms with E-state index in [1.54, 1.807) is 7.11 Å². The van der Waals surface area contributed by atoms with Crippen molar-refractivity contribution < 1.29 is 4.74 Å². The molecule has 0 aliphatic rings. The molecule has 0 aliphatic carbocycles. The third kappa shape index (κ3) is 4.28. The Kier molecular flexibility index (Phi) is 6.69. The van der Waals surface area contributed by atoms with Gasteiger partial charge in [-0.15, -0.1) is 0 Å². The molecule has 0 N–H and O–H groups in total. The topological polar surface area (TPSA) is 49.1 Å². The van der Waals surface area contributed by atoms with E-state index in [0.29, 0.717) is 19.6 Å². The fourth-order valence-electron chi connectivity index (χ4n) is 1.74. The fraction of sp³-hybridized carbons (Fsp3) is 0.538. The molecule has 4 nitrogen and oxygen atoms in total. The van der Waals surface area contributed by atoms with Gasteiger partial charge in [-0.2, -0.15) is 5.26 Å². The largest absolute Gasteiger partial charge is 0.383 e. The second-order valence-corrected chi connectivity index (χ2v) is 4.57. The van der Waals surface area contributed by atoms with E-state index in [1.807, 2.05) is 13.1 Å². The van der Waals surface area contributed by atoms with Crippen molar-refractivity contribution in [1.82, 2.24) is 4.98 Å². The van der Waals surface area contributed by atoms with E-state index in [4.69, 9.17) is 10.00 Å². The van der Waals surface area contributed by atoms with Crippen LogP contribution in [0.25, 0.3) is 0 Å². The van der Waals surface area contributed by atoms with Gasteiger partial charge in [-0.3, -0.25) is 0 Å². The molecule has 0 saturated carbocycles. The van der Waals surface area contributed by atoms with Gasteiger partial charge in [-0.05, 0) is 18.1 Å². The summed E-state index contributed by atoms with van der Waals surface area (Å²) in [5, 5.41) is 9.51. The van der Waals surface area contributed by atoms with Gasteiger partial charge in [0, 0.05) is 31.7 Å².